The Morgan fingerprint density at radius 2 is 1.97 bits per heavy atom. The number of fused-ring (bicyclic) bond motifs is 1. The van der Waals surface area contributed by atoms with Gasteiger partial charge in [0.2, 0.25) is 0 Å². The Hall–Kier alpha value is -2.38. The van der Waals surface area contributed by atoms with Crippen LogP contribution < -0.4 is 9.64 Å². The molecule has 29 heavy (non-hydrogen) atoms. The van der Waals surface area contributed by atoms with Crippen molar-refractivity contribution in [2.75, 3.05) is 44.9 Å². The number of hydrogen-bond donors (Lipinski definition) is 1. The average molecular weight is 399 g/mol. The number of phenols is 1. The van der Waals surface area contributed by atoms with E-state index in [2.05, 4.69) is 23.6 Å². The van der Waals surface area contributed by atoms with E-state index < -0.39 is 0 Å². The first-order valence-electron chi connectivity index (χ1n) is 10.4. The second kappa shape index (κ2) is 8.55. The van der Waals surface area contributed by atoms with E-state index >= 15 is 0 Å². The Kier molecular flexibility index (Phi) is 5.87. The molecule has 1 fully saturated rings. The number of nitrogens with zero attached hydrogens (tertiary/aromatic N) is 4. The highest BCUT2D eigenvalue weighted by Crippen LogP contribution is 2.31. The summed E-state index contributed by atoms with van der Waals surface area (Å²) in [4.78, 5) is 14.5. The molecule has 0 spiro atoms. The zero-order chi connectivity index (χ0) is 20.4. The largest absolute Gasteiger partial charge is 0.507 e. The summed E-state index contributed by atoms with van der Waals surface area (Å²) in [6, 6.07) is 5.49. The summed E-state index contributed by atoms with van der Waals surface area (Å²) in [7, 11) is 1.61. The molecule has 7 nitrogen and oxygen atoms in total. The van der Waals surface area contributed by atoms with Crippen molar-refractivity contribution in [2.45, 2.75) is 39.3 Å². The second-order valence-corrected chi connectivity index (χ2v) is 8.04. The van der Waals surface area contributed by atoms with E-state index in [0.717, 1.165) is 68.7 Å². The number of rotatable bonds is 5. The minimum Gasteiger partial charge on any atom is -0.507 e. The fourth-order valence-electron chi connectivity index (χ4n) is 3.96. The number of aromatic hydroxyl groups is 1. The van der Waals surface area contributed by atoms with E-state index in [-0.39, 0.29) is 11.7 Å². The van der Waals surface area contributed by atoms with Crippen molar-refractivity contribution in [3.63, 3.8) is 0 Å². The van der Waals surface area contributed by atoms with Crippen LogP contribution in [0.5, 0.6) is 11.5 Å². The molecule has 0 amide bonds. The van der Waals surface area contributed by atoms with Crippen LogP contribution in [-0.2, 0) is 24.2 Å². The van der Waals surface area contributed by atoms with Crippen LogP contribution in [0.1, 0.15) is 42.4 Å². The van der Waals surface area contributed by atoms with Crippen LogP contribution in [0.25, 0.3) is 0 Å². The number of phenolic OH excluding ortho intramolecular Hbond substituents is 1. The van der Waals surface area contributed by atoms with Crippen LogP contribution >= 0.6 is 0 Å². The van der Waals surface area contributed by atoms with Gasteiger partial charge in [0.15, 0.2) is 0 Å². The molecule has 156 valence electrons. The number of morpholine rings is 1. The Balaban J connectivity index is 1.58. The summed E-state index contributed by atoms with van der Waals surface area (Å²) >= 11 is 0. The van der Waals surface area contributed by atoms with Crippen LogP contribution in [0.4, 0.5) is 5.82 Å². The molecule has 0 unspecified atom stereocenters. The van der Waals surface area contributed by atoms with Gasteiger partial charge in [-0.15, -0.1) is 0 Å². The Bertz CT molecular complexity index is 865. The molecule has 7 heteroatoms. The Labute approximate surface area is 172 Å². The minimum atomic E-state index is 0.273. The molecule has 0 saturated carbocycles. The topological polar surface area (TPSA) is 71.0 Å². The Morgan fingerprint density at radius 3 is 2.66 bits per heavy atom. The first-order valence-corrected chi connectivity index (χ1v) is 10.4. The third-order valence-electron chi connectivity index (χ3n) is 5.65. The van der Waals surface area contributed by atoms with Crippen molar-refractivity contribution < 1.29 is 14.6 Å². The maximum Gasteiger partial charge on any atom is 0.136 e. The minimum absolute atomic E-state index is 0.273. The van der Waals surface area contributed by atoms with Crippen LogP contribution in [0.15, 0.2) is 18.2 Å². The predicted octanol–water partition coefficient (Wildman–Crippen LogP) is 2.71. The number of ether oxygens (including phenoxy) is 2. The normalized spacial score (nSPS) is 17.4. The van der Waals surface area contributed by atoms with Crippen molar-refractivity contribution in [3.8, 4) is 11.5 Å². The number of anilines is 1. The number of hydrogen-bond acceptors (Lipinski definition) is 7. The van der Waals surface area contributed by atoms with Gasteiger partial charge in [0.05, 0.1) is 26.0 Å². The number of methoxy groups -OCH3 is 1. The highest BCUT2D eigenvalue weighted by Gasteiger charge is 2.27. The molecular weight excluding hydrogens is 368 g/mol. The molecule has 3 heterocycles. The van der Waals surface area contributed by atoms with Gasteiger partial charge in [0.1, 0.15) is 23.1 Å². The van der Waals surface area contributed by atoms with E-state index in [1.807, 2.05) is 12.1 Å². The molecule has 0 bridgehead atoms. The average Bonchev–Trinajstić information content (AvgIpc) is 2.74. The molecule has 1 N–H and O–H groups in total. The first-order chi connectivity index (χ1) is 14.0. The van der Waals surface area contributed by atoms with Crippen molar-refractivity contribution in [1.82, 2.24) is 14.9 Å². The molecule has 0 radical (unpaired) electrons. The fraction of sp³-hybridized carbons (Fsp3) is 0.545. The molecule has 1 aromatic carbocycles. The van der Waals surface area contributed by atoms with Gasteiger partial charge >= 0.3 is 0 Å². The molecule has 2 aliphatic rings. The smallest absolute Gasteiger partial charge is 0.136 e. The van der Waals surface area contributed by atoms with E-state index in [1.165, 1.54) is 5.56 Å². The van der Waals surface area contributed by atoms with Gasteiger partial charge in [-0.05, 0) is 12.5 Å². The number of aromatic nitrogens is 2. The van der Waals surface area contributed by atoms with Gasteiger partial charge in [0, 0.05) is 55.8 Å². The summed E-state index contributed by atoms with van der Waals surface area (Å²) in [5.74, 6) is 3.21. The fourth-order valence-corrected chi connectivity index (χ4v) is 3.96. The van der Waals surface area contributed by atoms with E-state index in [4.69, 9.17) is 19.4 Å². The SMILES string of the molecule is COc1ccc(CN2CCc3c(nc(C(C)C)nc3N3CCOCC3)C2)c(O)c1. The molecule has 1 saturated heterocycles. The summed E-state index contributed by atoms with van der Waals surface area (Å²) in [6.07, 6.45) is 0.914. The zero-order valence-corrected chi connectivity index (χ0v) is 17.5. The monoisotopic (exact) mass is 398 g/mol. The lowest BCUT2D eigenvalue weighted by Gasteiger charge is -2.34. The van der Waals surface area contributed by atoms with E-state index in [9.17, 15) is 5.11 Å². The molecule has 0 aliphatic carbocycles. The summed E-state index contributed by atoms with van der Waals surface area (Å²) < 4.78 is 10.7. The van der Waals surface area contributed by atoms with Gasteiger partial charge in [0.25, 0.3) is 0 Å². The maximum atomic E-state index is 10.3. The summed E-state index contributed by atoms with van der Waals surface area (Å²) in [5, 5.41) is 10.3. The first kappa shape index (κ1) is 19.9. The lowest BCUT2D eigenvalue weighted by atomic mass is 10.0. The van der Waals surface area contributed by atoms with Crippen LogP contribution in [0, 0.1) is 0 Å². The summed E-state index contributed by atoms with van der Waals surface area (Å²) in [5.41, 5.74) is 3.29. The second-order valence-electron chi connectivity index (χ2n) is 8.04. The third kappa shape index (κ3) is 4.31. The summed E-state index contributed by atoms with van der Waals surface area (Å²) in [6.45, 7) is 9.90. The highest BCUT2D eigenvalue weighted by molar-refractivity contribution is 5.51. The van der Waals surface area contributed by atoms with Crippen LogP contribution in [0.2, 0.25) is 0 Å². The molecule has 4 rings (SSSR count). The predicted molar refractivity (Wildman–Crippen MR) is 112 cm³/mol. The highest BCUT2D eigenvalue weighted by atomic mass is 16.5. The van der Waals surface area contributed by atoms with Gasteiger partial charge in [-0.1, -0.05) is 19.9 Å². The molecule has 2 aliphatic heterocycles. The van der Waals surface area contributed by atoms with Gasteiger partial charge in [-0.3, -0.25) is 4.90 Å². The standard InChI is InChI=1S/C22H30N4O3/c1-15(2)21-23-19-14-25(13-16-4-5-17(28-3)12-20(16)27)7-6-18(19)22(24-21)26-8-10-29-11-9-26/h4-5,12,15,27H,6-11,13-14H2,1-3H3. The Morgan fingerprint density at radius 1 is 1.17 bits per heavy atom. The van der Waals surface area contributed by atoms with Gasteiger partial charge < -0.3 is 19.5 Å². The molecule has 1 aromatic heterocycles. The van der Waals surface area contributed by atoms with Crippen molar-refractivity contribution >= 4 is 5.82 Å². The van der Waals surface area contributed by atoms with Crippen LogP contribution in [-0.4, -0.2) is 59.9 Å². The van der Waals surface area contributed by atoms with Crippen LogP contribution in [0.3, 0.4) is 0 Å². The number of benzene rings is 1. The molecular formula is C22H30N4O3. The zero-order valence-electron chi connectivity index (χ0n) is 17.5. The lowest BCUT2D eigenvalue weighted by Crippen LogP contribution is -2.39. The van der Waals surface area contributed by atoms with Crippen molar-refractivity contribution in [2.24, 2.45) is 0 Å². The van der Waals surface area contributed by atoms with Crippen molar-refractivity contribution in [1.29, 1.82) is 0 Å². The van der Waals surface area contributed by atoms with E-state index in [1.54, 1.807) is 13.2 Å². The van der Waals surface area contributed by atoms with Gasteiger partial charge in [-0.25, -0.2) is 9.97 Å². The van der Waals surface area contributed by atoms with E-state index in [0.29, 0.717) is 12.3 Å². The van der Waals surface area contributed by atoms with Crippen molar-refractivity contribution in [3.05, 3.63) is 40.8 Å². The molecule has 0 atom stereocenters. The quantitative estimate of drug-likeness (QED) is 0.830. The van der Waals surface area contributed by atoms with Gasteiger partial charge in [-0.2, -0.15) is 0 Å². The maximum absolute atomic E-state index is 10.3. The lowest BCUT2D eigenvalue weighted by molar-refractivity contribution is 0.122. The molecule has 2 aromatic rings. The third-order valence-corrected chi connectivity index (χ3v) is 5.65.